The van der Waals surface area contributed by atoms with Crippen LogP contribution in [0.1, 0.15) is 19.5 Å². The number of nitrogens with zero attached hydrogens (tertiary/aromatic N) is 3. The second kappa shape index (κ2) is 10.7. The number of rotatable bonds is 10. The molecule has 2 rings (SSSR count). The van der Waals surface area contributed by atoms with E-state index in [0.29, 0.717) is 41.8 Å². The number of ether oxygens (including phenoxy) is 3. The van der Waals surface area contributed by atoms with Crippen molar-refractivity contribution in [2.24, 2.45) is 0 Å². The van der Waals surface area contributed by atoms with Crippen molar-refractivity contribution in [1.82, 2.24) is 20.3 Å². The number of carbonyl (C=O) groups excluding carboxylic acids is 1. The standard InChI is InChI=1S/C21H32N4O5/c1-14(2)22-21(26)25(9-8-24(3)4)13-16-12-17(30-23-16)15-10-18(27-5)20(29-7)19(11-15)28-6/h10-12,14H,8-9,13H2,1-7H3,(H,22,26). The van der Waals surface area contributed by atoms with Crippen molar-refractivity contribution >= 4 is 6.03 Å². The van der Waals surface area contributed by atoms with Gasteiger partial charge < -0.3 is 33.9 Å². The highest BCUT2D eigenvalue weighted by Crippen LogP contribution is 2.41. The maximum atomic E-state index is 12.6. The topological polar surface area (TPSA) is 89.3 Å². The van der Waals surface area contributed by atoms with Crippen molar-refractivity contribution in [2.45, 2.75) is 26.4 Å². The average Bonchev–Trinajstić information content (AvgIpc) is 3.17. The average molecular weight is 421 g/mol. The molecule has 0 radical (unpaired) electrons. The summed E-state index contributed by atoms with van der Waals surface area (Å²) >= 11 is 0. The third-order valence-corrected chi connectivity index (χ3v) is 4.38. The molecule has 30 heavy (non-hydrogen) atoms. The molecule has 0 bridgehead atoms. The summed E-state index contributed by atoms with van der Waals surface area (Å²) in [5.74, 6) is 2.09. The van der Waals surface area contributed by atoms with Gasteiger partial charge in [0.15, 0.2) is 17.3 Å². The molecule has 0 aliphatic rings. The Hall–Kier alpha value is -2.94. The summed E-state index contributed by atoms with van der Waals surface area (Å²) in [6, 6.07) is 5.31. The van der Waals surface area contributed by atoms with Crippen LogP contribution in [0.4, 0.5) is 4.79 Å². The number of methoxy groups -OCH3 is 3. The van der Waals surface area contributed by atoms with E-state index >= 15 is 0 Å². The van der Waals surface area contributed by atoms with Crippen LogP contribution in [-0.2, 0) is 6.54 Å². The maximum absolute atomic E-state index is 12.6. The smallest absolute Gasteiger partial charge is 0.317 e. The minimum atomic E-state index is -0.135. The lowest BCUT2D eigenvalue weighted by atomic mass is 10.1. The Kier molecular flexibility index (Phi) is 8.35. The number of hydrogen-bond acceptors (Lipinski definition) is 7. The summed E-state index contributed by atoms with van der Waals surface area (Å²) in [5.41, 5.74) is 1.38. The first kappa shape index (κ1) is 23.3. The Labute approximate surface area is 177 Å². The summed E-state index contributed by atoms with van der Waals surface area (Å²) in [7, 11) is 8.61. The second-order valence-electron chi connectivity index (χ2n) is 7.43. The second-order valence-corrected chi connectivity index (χ2v) is 7.43. The Morgan fingerprint density at radius 2 is 1.70 bits per heavy atom. The summed E-state index contributed by atoms with van der Waals surface area (Å²) in [4.78, 5) is 16.3. The third kappa shape index (κ3) is 6.03. The van der Waals surface area contributed by atoms with Gasteiger partial charge >= 0.3 is 6.03 Å². The number of amides is 2. The Bertz CT molecular complexity index is 810. The molecule has 0 aliphatic heterocycles. The van der Waals surface area contributed by atoms with Crippen molar-refractivity contribution < 1.29 is 23.5 Å². The third-order valence-electron chi connectivity index (χ3n) is 4.38. The largest absolute Gasteiger partial charge is 0.493 e. The van der Waals surface area contributed by atoms with Crippen LogP contribution >= 0.6 is 0 Å². The first-order chi connectivity index (χ1) is 14.3. The van der Waals surface area contributed by atoms with E-state index < -0.39 is 0 Å². The van der Waals surface area contributed by atoms with Gasteiger partial charge in [-0.05, 0) is 40.1 Å². The number of aromatic nitrogens is 1. The lowest BCUT2D eigenvalue weighted by Crippen LogP contribution is -2.45. The van der Waals surface area contributed by atoms with Gasteiger partial charge in [0.2, 0.25) is 5.75 Å². The number of nitrogens with one attached hydrogen (secondary N) is 1. The number of carbonyl (C=O) groups is 1. The van der Waals surface area contributed by atoms with E-state index in [-0.39, 0.29) is 12.1 Å². The minimum absolute atomic E-state index is 0.0476. The number of hydrogen-bond donors (Lipinski definition) is 1. The van der Waals surface area contributed by atoms with Gasteiger partial charge in [0.05, 0.1) is 27.9 Å². The fraction of sp³-hybridized carbons (Fsp3) is 0.524. The SMILES string of the molecule is COc1cc(-c2cc(CN(CCN(C)C)C(=O)NC(C)C)no2)cc(OC)c1OC. The van der Waals surface area contributed by atoms with Gasteiger partial charge in [-0.25, -0.2) is 4.79 Å². The predicted octanol–water partition coefficient (Wildman–Crippen LogP) is 2.85. The summed E-state index contributed by atoms with van der Waals surface area (Å²) < 4.78 is 21.7. The molecule has 1 heterocycles. The predicted molar refractivity (Wildman–Crippen MR) is 114 cm³/mol. The highest BCUT2D eigenvalue weighted by atomic mass is 16.5. The molecule has 1 N–H and O–H groups in total. The minimum Gasteiger partial charge on any atom is -0.493 e. The molecule has 0 atom stereocenters. The van der Waals surface area contributed by atoms with E-state index in [1.807, 2.05) is 38.9 Å². The van der Waals surface area contributed by atoms with E-state index in [0.717, 1.165) is 12.1 Å². The van der Waals surface area contributed by atoms with Gasteiger partial charge in [0.25, 0.3) is 0 Å². The van der Waals surface area contributed by atoms with Gasteiger partial charge in [-0.2, -0.15) is 0 Å². The highest BCUT2D eigenvalue weighted by Gasteiger charge is 2.20. The highest BCUT2D eigenvalue weighted by molar-refractivity contribution is 5.74. The van der Waals surface area contributed by atoms with Gasteiger partial charge in [-0.3, -0.25) is 0 Å². The van der Waals surface area contributed by atoms with Crippen LogP contribution in [0.25, 0.3) is 11.3 Å². The number of urea groups is 1. The van der Waals surface area contributed by atoms with Crippen LogP contribution < -0.4 is 19.5 Å². The van der Waals surface area contributed by atoms with Crippen molar-refractivity contribution in [1.29, 1.82) is 0 Å². The summed E-state index contributed by atoms with van der Waals surface area (Å²) in [6.07, 6.45) is 0. The zero-order chi connectivity index (χ0) is 22.3. The fourth-order valence-electron chi connectivity index (χ4n) is 2.85. The summed E-state index contributed by atoms with van der Waals surface area (Å²) in [5, 5.41) is 7.08. The van der Waals surface area contributed by atoms with Crippen LogP contribution in [-0.4, -0.2) is 75.5 Å². The molecule has 0 unspecified atom stereocenters. The maximum Gasteiger partial charge on any atom is 0.317 e. The quantitative estimate of drug-likeness (QED) is 0.632. The van der Waals surface area contributed by atoms with Gasteiger partial charge in [-0.1, -0.05) is 5.16 Å². The first-order valence-electron chi connectivity index (χ1n) is 9.75. The molecule has 0 aliphatic carbocycles. The van der Waals surface area contributed by atoms with Crippen molar-refractivity contribution in [2.75, 3.05) is 48.5 Å². The molecule has 0 saturated heterocycles. The van der Waals surface area contributed by atoms with Crippen molar-refractivity contribution in [3.63, 3.8) is 0 Å². The van der Waals surface area contributed by atoms with Gasteiger partial charge in [-0.15, -0.1) is 0 Å². The molecule has 0 fully saturated rings. The molecule has 9 heteroatoms. The van der Waals surface area contributed by atoms with E-state index in [1.54, 1.807) is 38.4 Å². The van der Waals surface area contributed by atoms with Crippen LogP contribution in [0, 0.1) is 0 Å². The number of likely N-dealkylation sites (N-methyl/N-ethyl adjacent to an activating group) is 1. The zero-order valence-electron chi connectivity index (χ0n) is 18.8. The molecule has 166 valence electrons. The Morgan fingerprint density at radius 1 is 1.07 bits per heavy atom. The molecule has 2 aromatic rings. The molecule has 1 aromatic carbocycles. The normalized spacial score (nSPS) is 11.0. The lowest BCUT2D eigenvalue weighted by Gasteiger charge is -2.24. The van der Waals surface area contributed by atoms with E-state index in [4.69, 9.17) is 18.7 Å². The molecule has 9 nitrogen and oxygen atoms in total. The Balaban J connectivity index is 2.26. The molecular weight excluding hydrogens is 388 g/mol. The van der Waals surface area contributed by atoms with Gasteiger partial charge in [0.1, 0.15) is 5.69 Å². The van der Waals surface area contributed by atoms with E-state index in [9.17, 15) is 4.79 Å². The summed E-state index contributed by atoms with van der Waals surface area (Å²) in [6.45, 7) is 5.50. The first-order valence-corrected chi connectivity index (χ1v) is 9.75. The van der Waals surface area contributed by atoms with Crippen molar-refractivity contribution in [3.05, 3.63) is 23.9 Å². The molecule has 0 spiro atoms. The van der Waals surface area contributed by atoms with Crippen molar-refractivity contribution in [3.8, 4) is 28.6 Å². The van der Waals surface area contributed by atoms with E-state index in [1.165, 1.54) is 0 Å². The van der Waals surface area contributed by atoms with E-state index in [2.05, 4.69) is 10.5 Å². The molecular formula is C21H32N4O5. The van der Waals surface area contributed by atoms with Crippen LogP contribution in [0.3, 0.4) is 0 Å². The van der Waals surface area contributed by atoms with Crippen LogP contribution in [0.2, 0.25) is 0 Å². The number of benzene rings is 1. The van der Waals surface area contributed by atoms with Crippen LogP contribution in [0.5, 0.6) is 17.2 Å². The molecule has 1 aromatic heterocycles. The molecule has 2 amide bonds. The molecule has 0 saturated carbocycles. The lowest BCUT2D eigenvalue weighted by molar-refractivity contribution is 0.184. The van der Waals surface area contributed by atoms with Gasteiger partial charge in [0, 0.05) is 30.8 Å². The fourth-order valence-corrected chi connectivity index (χ4v) is 2.85. The zero-order valence-corrected chi connectivity index (χ0v) is 18.8. The monoisotopic (exact) mass is 420 g/mol. The Morgan fingerprint density at radius 3 is 2.20 bits per heavy atom. The van der Waals surface area contributed by atoms with Crippen LogP contribution in [0.15, 0.2) is 22.7 Å².